The number of aryl methyl sites for hydroxylation is 1. The lowest BCUT2D eigenvalue weighted by molar-refractivity contribution is 1.14. The van der Waals surface area contributed by atoms with Crippen LogP contribution in [0, 0.1) is 0 Å². The van der Waals surface area contributed by atoms with Gasteiger partial charge < -0.3 is 0 Å². The summed E-state index contributed by atoms with van der Waals surface area (Å²) in [5.41, 5.74) is 2.38. The van der Waals surface area contributed by atoms with Crippen LogP contribution >= 0.6 is 15.9 Å². The molecule has 0 fully saturated rings. The third-order valence-electron chi connectivity index (χ3n) is 2.14. The van der Waals surface area contributed by atoms with Crippen molar-refractivity contribution in [2.75, 3.05) is 0 Å². The first-order chi connectivity index (χ1) is 6.31. The Labute approximate surface area is 85.9 Å². The summed E-state index contributed by atoms with van der Waals surface area (Å²) in [7, 11) is 0. The van der Waals surface area contributed by atoms with E-state index in [0.717, 1.165) is 16.4 Å². The van der Waals surface area contributed by atoms with E-state index in [-0.39, 0.29) is 0 Å². The summed E-state index contributed by atoms with van der Waals surface area (Å²) >= 11 is 3.55. The van der Waals surface area contributed by atoms with Gasteiger partial charge in [0.25, 0.3) is 0 Å². The summed E-state index contributed by atoms with van der Waals surface area (Å²) in [6.45, 7) is 2.15. The molecule has 0 spiro atoms. The van der Waals surface area contributed by atoms with E-state index >= 15 is 0 Å². The lowest BCUT2D eigenvalue weighted by Gasteiger charge is -2.02. The minimum atomic E-state index is 1.05. The first kappa shape index (κ1) is 8.70. The van der Waals surface area contributed by atoms with Crippen LogP contribution in [-0.4, -0.2) is 4.98 Å². The van der Waals surface area contributed by atoms with Crippen LogP contribution in [0.1, 0.15) is 12.5 Å². The zero-order valence-corrected chi connectivity index (χ0v) is 9.01. The van der Waals surface area contributed by atoms with Crippen molar-refractivity contribution < 1.29 is 0 Å². The van der Waals surface area contributed by atoms with Gasteiger partial charge in [-0.2, -0.15) is 0 Å². The number of nitrogens with zero attached hydrogens (tertiary/aromatic N) is 1. The van der Waals surface area contributed by atoms with Gasteiger partial charge in [-0.05, 0) is 30.2 Å². The van der Waals surface area contributed by atoms with Crippen molar-refractivity contribution in [3.05, 3.63) is 40.5 Å². The molecule has 0 bridgehead atoms. The average molecular weight is 236 g/mol. The van der Waals surface area contributed by atoms with Crippen LogP contribution in [0.4, 0.5) is 0 Å². The Hall–Kier alpha value is -0.890. The molecule has 0 radical (unpaired) electrons. The maximum absolute atomic E-state index is 4.32. The highest BCUT2D eigenvalue weighted by Crippen LogP contribution is 2.24. The SMILES string of the molecule is CCc1cc(Br)c2cccnc2c1. The molecule has 0 saturated heterocycles. The van der Waals surface area contributed by atoms with Gasteiger partial charge in [-0.25, -0.2) is 0 Å². The number of halogens is 1. The second-order valence-corrected chi connectivity index (χ2v) is 3.86. The predicted molar refractivity (Wildman–Crippen MR) is 58.8 cm³/mol. The molecule has 0 amide bonds. The Bertz CT molecular complexity index is 437. The molecule has 1 aromatic heterocycles. The zero-order chi connectivity index (χ0) is 9.26. The second-order valence-electron chi connectivity index (χ2n) is 3.00. The number of benzene rings is 1. The highest BCUT2D eigenvalue weighted by molar-refractivity contribution is 9.10. The molecule has 66 valence electrons. The van der Waals surface area contributed by atoms with E-state index in [1.165, 1.54) is 10.9 Å². The number of fused-ring (bicyclic) bond motifs is 1. The van der Waals surface area contributed by atoms with Gasteiger partial charge in [0.15, 0.2) is 0 Å². The molecule has 2 rings (SSSR count). The summed E-state index contributed by atoms with van der Waals surface area (Å²) in [6.07, 6.45) is 2.87. The van der Waals surface area contributed by atoms with Crippen LogP contribution in [0.2, 0.25) is 0 Å². The maximum Gasteiger partial charge on any atom is 0.0716 e. The molecule has 0 aliphatic rings. The molecule has 2 heteroatoms. The summed E-state index contributed by atoms with van der Waals surface area (Å²) in [5.74, 6) is 0. The highest BCUT2D eigenvalue weighted by atomic mass is 79.9. The maximum atomic E-state index is 4.32. The minimum absolute atomic E-state index is 1.05. The molecule has 1 heterocycles. The van der Waals surface area contributed by atoms with Gasteiger partial charge in [-0.3, -0.25) is 4.98 Å². The number of hydrogen-bond acceptors (Lipinski definition) is 1. The van der Waals surface area contributed by atoms with E-state index in [1.54, 1.807) is 0 Å². The molecule has 0 unspecified atom stereocenters. The normalized spacial score (nSPS) is 10.6. The van der Waals surface area contributed by atoms with Crippen molar-refractivity contribution in [2.24, 2.45) is 0 Å². The largest absolute Gasteiger partial charge is 0.256 e. The number of hydrogen-bond donors (Lipinski definition) is 0. The quantitative estimate of drug-likeness (QED) is 0.737. The van der Waals surface area contributed by atoms with Crippen LogP contribution in [0.15, 0.2) is 34.9 Å². The third kappa shape index (κ3) is 1.59. The Kier molecular flexibility index (Phi) is 2.32. The third-order valence-corrected chi connectivity index (χ3v) is 2.79. The number of pyridine rings is 1. The van der Waals surface area contributed by atoms with Crippen molar-refractivity contribution in [3.63, 3.8) is 0 Å². The van der Waals surface area contributed by atoms with Gasteiger partial charge in [-0.1, -0.05) is 28.9 Å². The van der Waals surface area contributed by atoms with Crippen LogP contribution in [0.3, 0.4) is 0 Å². The molecule has 13 heavy (non-hydrogen) atoms. The van der Waals surface area contributed by atoms with Gasteiger partial charge in [0.2, 0.25) is 0 Å². The minimum Gasteiger partial charge on any atom is -0.256 e. The van der Waals surface area contributed by atoms with Crippen molar-refractivity contribution in [1.29, 1.82) is 0 Å². The Morgan fingerprint density at radius 1 is 1.38 bits per heavy atom. The molecule has 0 aliphatic carbocycles. The van der Waals surface area contributed by atoms with E-state index in [4.69, 9.17) is 0 Å². The van der Waals surface area contributed by atoms with Crippen molar-refractivity contribution in [1.82, 2.24) is 4.98 Å². The molecule has 0 aliphatic heterocycles. The van der Waals surface area contributed by atoms with Crippen LogP contribution in [0.25, 0.3) is 10.9 Å². The van der Waals surface area contributed by atoms with Gasteiger partial charge >= 0.3 is 0 Å². The molecule has 1 aromatic carbocycles. The Morgan fingerprint density at radius 2 is 2.23 bits per heavy atom. The van der Waals surface area contributed by atoms with Gasteiger partial charge in [0, 0.05) is 16.1 Å². The fourth-order valence-corrected chi connectivity index (χ4v) is 2.03. The van der Waals surface area contributed by atoms with Crippen molar-refractivity contribution in [3.8, 4) is 0 Å². The van der Waals surface area contributed by atoms with Crippen molar-refractivity contribution >= 4 is 26.8 Å². The lowest BCUT2D eigenvalue weighted by Crippen LogP contribution is -1.84. The number of rotatable bonds is 1. The molecular formula is C11H10BrN. The van der Waals surface area contributed by atoms with Crippen LogP contribution in [0.5, 0.6) is 0 Å². The highest BCUT2D eigenvalue weighted by Gasteiger charge is 2.00. The second kappa shape index (κ2) is 3.46. The fourth-order valence-electron chi connectivity index (χ4n) is 1.40. The van der Waals surface area contributed by atoms with E-state index < -0.39 is 0 Å². The summed E-state index contributed by atoms with van der Waals surface area (Å²) in [4.78, 5) is 4.32. The predicted octanol–water partition coefficient (Wildman–Crippen LogP) is 3.56. The van der Waals surface area contributed by atoms with E-state index in [2.05, 4.69) is 46.0 Å². The monoisotopic (exact) mass is 235 g/mol. The molecule has 0 saturated carbocycles. The smallest absolute Gasteiger partial charge is 0.0716 e. The van der Waals surface area contributed by atoms with Crippen molar-refractivity contribution in [2.45, 2.75) is 13.3 Å². The lowest BCUT2D eigenvalue weighted by atomic mass is 10.1. The standard InChI is InChI=1S/C11H10BrN/c1-2-8-6-10(12)9-4-3-5-13-11(9)7-8/h3-7H,2H2,1H3. The zero-order valence-electron chi connectivity index (χ0n) is 7.42. The first-order valence-corrected chi connectivity index (χ1v) is 5.13. The first-order valence-electron chi connectivity index (χ1n) is 4.34. The average Bonchev–Trinajstić information content (AvgIpc) is 2.18. The molecule has 0 N–H and O–H groups in total. The summed E-state index contributed by atoms with van der Waals surface area (Å²) in [5, 5.41) is 1.18. The number of aromatic nitrogens is 1. The molecule has 0 atom stereocenters. The van der Waals surface area contributed by atoms with Crippen LogP contribution in [-0.2, 0) is 6.42 Å². The van der Waals surface area contributed by atoms with Gasteiger partial charge in [-0.15, -0.1) is 0 Å². The van der Waals surface area contributed by atoms with Gasteiger partial charge in [0.05, 0.1) is 5.52 Å². The topological polar surface area (TPSA) is 12.9 Å². The molecule has 1 nitrogen and oxygen atoms in total. The Morgan fingerprint density at radius 3 is 3.00 bits per heavy atom. The Balaban J connectivity index is 2.77. The molecular weight excluding hydrogens is 226 g/mol. The van der Waals surface area contributed by atoms with E-state index in [1.807, 2.05) is 12.3 Å². The molecule has 2 aromatic rings. The summed E-state index contributed by atoms with van der Waals surface area (Å²) in [6, 6.07) is 8.33. The van der Waals surface area contributed by atoms with E-state index in [0.29, 0.717) is 0 Å². The van der Waals surface area contributed by atoms with Crippen LogP contribution < -0.4 is 0 Å². The summed E-state index contributed by atoms with van der Waals surface area (Å²) < 4.78 is 1.13. The fraction of sp³-hybridized carbons (Fsp3) is 0.182. The van der Waals surface area contributed by atoms with Gasteiger partial charge in [0.1, 0.15) is 0 Å². The van der Waals surface area contributed by atoms with E-state index in [9.17, 15) is 0 Å².